The van der Waals surface area contributed by atoms with Gasteiger partial charge in [-0.3, -0.25) is 10.2 Å². The maximum absolute atomic E-state index is 12.7. The van der Waals surface area contributed by atoms with Gasteiger partial charge in [-0.15, -0.1) is 11.3 Å². The Bertz CT molecular complexity index is 1170. The van der Waals surface area contributed by atoms with Crippen molar-refractivity contribution >= 4 is 57.1 Å². The topological polar surface area (TPSA) is 114 Å². The minimum atomic E-state index is -0.560. The highest BCUT2D eigenvalue weighted by molar-refractivity contribution is 8.27. The van der Waals surface area contributed by atoms with Crippen molar-refractivity contribution in [2.24, 2.45) is 10.1 Å². The fourth-order valence-electron chi connectivity index (χ4n) is 2.94. The zero-order chi connectivity index (χ0) is 22.7. The highest BCUT2D eigenvalue weighted by Crippen LogP contribution is 2.35. The summed E-state index contributed by atoms with van der Waals surface area (Å²) in [6.07, 6.45) is 1.48. The number of amides is 1. The Morgan fingerprint density at radius 3 is 2.84 bits per heavy atom. The van der Waals surface area contributed by atoms with Crippen molar-refractivity contribution in [2.45, 2.75) is 6.92 Å². The average molecular weight is 471 g/mol. The van der Waals surface area contributed by atoms with Gasteiger partial charge < -0.3 is 14.2 Å². The summed E-state index contributed by atoms with van der Waals surface area (Å²) in [5.41, 5.74) is 0.495. The Kier molecular flexibility index (Phi) is 6.37. The summed E-state index contributed by atoms with van der Waals surface area (Å²) in [5.74, 6) is -0.562. The number of hydrogen-bond acceptors (Lipinski definition) is 9. The van der Waals surface area contributed by atoms with Gasteiger partial charge in [-0.25, -0.2) is 4.79 Å². The number of esters is 1. The Balaban J connectivity index is 1.66. The van der Waals surface area contributed by atoms with Crippen LogP contribution in [0.3, 0.4) is 0 Å². The molecule has 1 aromatic heterocycles. The fourth-order valence-corrected chi connectivity index (χ4v) is 4.63. The number of amidine groups is 2. The van der Waals surface area contributed by atoms with Crippen LogP contribution < -0.4 is 9.47 Å². The fraction of sp³-hybridized carbons (Fsp3) is 0.190. The monoisotopic (exact) mass is 470 g/mol. The highest BCUT2D eigenvalue weighted by atomic mass is 32.2. The molecule has 0 saturated carbocycles. The van der Waals surface area contributed by atoms with Crippen molar-refractivity contribution in [3.63, 3.8) is 0 Å². The molecule has 2 aliphatic rings. The van der Waals surface area contributed by atoms with Crippen LogP contribution in [0.25, 0.3) is 6.08 Å². The molecule has 2 aromatic rings. The highest BCUT2D eigenvalue weighted by Gasteiger charge is 2.36. The second kappa shape index (κ2) is 9.37. The molecule has 11 heteroatoms. The number of thioether (sulfide) groups is 1. The molecule has 0 aliphatic carbocycles. The molecule has 0 unspecified atom stereocenters. The minimum absolute atomic E-state index is 0.0415. The van der Waals surface area contributed by atoms with Crippen LogP contribution in [0.2, 0.25) is 0 Å². The number of carbonyl (C=O) groups excluding carboxylic acids is 2. The SMILES string of the molecule is CCOC(=O)COc1c(/C=C2/C(=N)N3N=C(c4cccs4)SC3=NC2=O)cccc1OC. The number of benzene rings is 1. The molecule has 2 aliphatic heterocycles. The Morgan fingerprint density at radius 1 is 1.28 bits per heavy atom. The van der Waals surface area contributed by atoms with E-state index in [1.165, 1.54) is 41.3 Å². The number of thiophene rings is 1. The molecule has 1 amide bonds. The smallest absolute Gasteiger partial charge is 0.344 e. The number of carbonyl (C=O) groups is 2. The summed E-state index contributed by atoms with van der Waals surface area (Å²) in [4.78, 5) is 29.5. The van der Waals surface area contributed by atoms with Gasteiger partial charge in [0, 0.05) is 5.56 Å². The second-order valence-electron chi connectivity index (χ2n) is 6.37. The van der Waals surface area contributed by atoms with Gasteiger partial charge in [-0.1, -0.05) is 18.2 Å². The Morgan fingerprint density at radius 2 is 2.12 bits per heavy atom. The average Bonchev–Trinajstić information content (AvgIpc) is 3.45. The first kappa shape index (κ1) is 21.8. The van der Waals surface area contributed by atoms with Crippen LogP contribution in [0.15, 0.2) is 51.4 Å². The number of para-hydroxylation sites is 1. The molecule has 9 nitrogen and oxygen atoms in total. The summed E-state index contributed by atoms with van der Waals surface area (Å²) >= 11 is 2.76. The molecular weight excluding hydrogens is 452 g/mol. The van der Waals surface area contributed by atoms with Crippen molar-refractivity contribution in [3.05, 3.63) is 51.7 Å². The lowest BCUT2D eigenvalue weighted by molar-refractivity contribution is -0.145. The lowest BCUT2D eigenvalue weighted by atomic mass is 10.1. The number of aliphatic imine (C=N–C) groups is 1. The maximum atomic E-state index is 12.7. The van der Waals surface area contributed by atoms with Crippen LogP contribution in [0.5, 0.6) is 11.5 Å². The normalized spacial score (nSPS) is 16.6. The molecule has 1 aromatic carbocycles. The molecule has 0 atom stereocenters. The third-order valence-electron chi connectivity index (χ3n) is 4.36. The van der Waals surface area contributed by atoms with Gasteiger partial charge in [0.1, 0.15) is 5.04 Å². The van der Waals surface area contributed by atoms with E-state index in [0.717, 1.165) is 4.88 Å². The first-order chi connectivity index (χ1) is 15.5. The van der Waals surface area contributed by atoms with Crippen LogP contribution in [0, 0.1) is 5.41 Å². The summed E-state index contributed by atoms with van der Waals surface area (Å²) < 4.78 is 15.9. The Labute approximate surface area is 191 Å². The number of hydrazone groups is 1. The first-order valence-electron chi connectivity index (χ1n) is 9.51. The number of nitrogens with one attached hydrogen (secondary N) is 1. The van der Waals surface area contributed by atoms with Crippen molar-refractivity contribution in [3.8, 4) is 11.5 Å². The van der Waals surface area contributed by atoms with Gasteiger partial charge in [0.15, 0.2) is 23.9 Å². The summed E-state index contributed by atoms with van der Waals surface area (Å²) in [7, 11) is 1.47. The van der Waals surface area contributed by atoms with E-state index in [1.54, 1.807) is 25.1 Å². The zero-order valence-electron chi connectivity index (χ0n) is 17.2. The lowest BCUT2D eigenvalue weighted by Gasteiger charge is -2.20. The lowest BCUT2D eigenvalue weighted by Crippen LogP contribution is -2.35. The molecule has 0 fully saturated rings. The standard InChI is InChI=1S/C21H18N4O5S2/c1-3-29-16(26)11-30-17-12(6-4-7-14(17)28-2)10-13-18(22)25-21(23-19(13)27)32-20(24-25)15-8-5-9-31-15/h4-10,22H,3,11H2,1-2H3/b13-10-,22-18?. The number of nitrogens with zero attached hydrogens (tertiary/aromatic N) is 3. The van der Waals surface area contributed by atoms with Crippen molar-refractivity contribution in [1.29, 1.82) is 5.41 Å². The second-order valence-corrected chi connectivity index (χ2v) is 8.28. The molecule has 0 saturated heterocycles. The van der Waals surface area contributed by atoms with Crippen LogP contribution in [-0.4, -0.2) is 53.3 Å². The van der Waals surface area contributed by atoms with Crippen LogP contribution in [-0.2, 0) is 14.3 Å². The molecule has 32 heavy (non-hydrogen) atoms. The predicted molar refractivity (Wildman–Crippen MR) is 124 cm³/mol. The summed E-state index contributed by atoms with van der Waals surface area (Å²) in [6.45, 7) is 1.61. The van der Waals surface area contributed by atoms with E-state index in [-0.39, 0.29) is 30.4 Å². The molecule has 1 N–H and O–H groups in total. The molecular formula is C21H18N4O5S2. The van der Waals surface area contributed by atoms with E-state index in [2.05, 4.69) is 10.1 Å². The van der Waals surface area contributed by atoms with Crippen molar-refractivity contribution < 1.29 is 23.8 Å². The van der Waals surface area contributed by atoms with E-state index in [4.69, 9.17) is 19.6 Å². The number of hydrogen-bond donors (Lipinski definition) is 1. The van der Waals surface area contributed by atoms with Gasteiger partial charge in [0.25, 0.3) is 5.91 Å². The Hall–Kier alpha value is -3.44. The van der Waals surface area contributed by atoms with E-state index < -0.39 is 11.9 Å². The zero-order valence-corrected chi connectivity index (χ0v) is 18.8. The number of methoxy groups -OCH3 is 1. The van der Waals surface area contributed by atoms with Crippen LogP contribution in [0.1, 0.15) is 17.4 Å². The first-order valence-corrected chi connectivity index (χ1v) is 11.2. The quantitative estimate of drug-likeness (QED) is 0.487. The molecule has 3 heterocycles. The number of fused-ring (bicyclic) bond motifs is 1. The van der Waals surface area contributed by atoms with Crippen molar-refractivity contribution in [2.75, 3.05) is 20.3 Å². The predicted octanol–water partition coefficient (Wildman–Crippen LogP) is 3.37. The number of ether oxygens (including phenoxy) is 3. The van der Waals surface area contributed by atoms with Crippen LogP contribution in [0.4, 0.5) is 0 Å². The summed E-state index contributed by atoms with van der Waals surface area (Å²) in [5, 5.41) is 17.3. The number of rotatable bonds is 7. The van der Waals surface area contributed by atoms with E-state index in [1.807, 2.05) is 17.5 Å². The van der Waals surface area contributed by atoms with Gasteiger partial charge in [0.2, 0.25) is 5.17 Å². The third kappa shape index (κ3) is 4.30. The van der Waals surface area contributed by atoms with E-state index >= 15 is 0 Å². The van der Waals surface area contributed by atoms with Gasteiger partial charge in [-0.05, 0) is 42.3 Å². The van der Waals surface area contributed by atoms with E-state index in [9.17, 15) is 9.59 Å². The third-order valence-corrected chi connectivity index (χ3v) is 6.30. The molecule has 0 spiro atoms. The molecule has 4 rings (SSSR count). The van der Waals surface area contributed by atoms with Gasteiger partial charge >= 0.3 is 5.97 Å². The largest absolute Gasteiger partial charge is 0.493 e. The maximum Gasteiger partial charge on any atom is 0.344 e. The van der Waals surface area contributed by atoms with Gasteiger partial charge in [0.05, 0.1) is 24.2 Å². The summed E-state index contributed by atoms with van der Waals surface area (Å²) in [6, 6.07) is 8.90. The van der Waals surface area contributed by atoms with Gasteiger partial charge in [-0.2, -0.15) is 15.1 Å². The molecule has 0 radical (unpaired) electrons. The van der Waals surface area contributed by atoms with Crippen LogP contribution >= 0.6 is 23.1 Å². The van der Waals surface area contributed by atoms with E-state index in [0.29, 0.717) is 21.5 Å². The molecule has 0 bridgehead atoms. The minimum Gasteiger partial charge on any atom is -0.493 e. The molecule has 164 valence electrons. The van der Waals surface area contributed by atoms with Crippen molar-refractivity contribution in [1.82, 2.24) is 5.01 Å².